The predicted octanol–water partition coefficient (Wildman–Crippen LogP) is 0.692. The molecule has 1 saturated heterocycles. The van der Waals surface area contributed by atoms with Crippen molar-refractivity contribution in [3.63, 3.8) is 0 Å². The van der Waals surface area contributed by atoms with Crippen molar-refractivity contribution >= 4 is 11.7 Å². The molecule has 1 aliphatic rings. The lowest BCUT2D eigenvalue weighted by atomic mass is 9.96. The number of carbonyl (C=O) groups is 1. The van der Waals surface area contributed by atoms with E-state index in [0.717, 1.165) is 12.8 Å². The lowest BCUT2D eigenvalue weighted by Gasteiger charge is -2.32. The minimum atomic E-state index is -0.0890. The van der Waals surface area contributed by atoms with Gasteiger partial charge < -0.3 is 15.8 Å². The van der Waals surface area contributed by atoms with Gasteiger partial charge in [0.15, 0.2) is 0 Å². The van der Waals surface area contributed by atoms with E-state index >= 15 is 0 Å². The summed E-state index contributed by atoms with van der Waals surface area (Å²) in [7, 11) is 0. The van der Waals surface area contributed by atoms with Gasteiger partial charge in [0.1, 0.15) is 5.84 Å². The standard InChI is InChI=1S/C13H19N5O2/c1-8-6-11(9(2)16-15-8)13(19)18-5-3-4-10(7-18)12(14)17-20/h6,10,20H,3-5,7H2,1-2H3,(H2,14,17). The molecule has 1 atom stereocenters. The fourth-order valence-corrected chi connectivity index (χ4v) is 2.42. The molecule has 1 amide bonds. The monoisotopic (exact) mass is 277 g/mol. The molecule has 0 aliphatic carbocycles. The minimum absolute atomic E-state index is 0.0732. The van der Waals surface area contributed by atoms with Gasteiger partial charge in [-0.25, -0.2) is 0 Å². The van der Waals surface area contributed by atoms with Gasteiger partial charge in [0.25, 0.3) is 5.91 Å². The van der Waals surface area contributed by atoms with Crippen molar-refractivity contribution in [1.82, 2.24) is 15.1 Å². The molecule has 108 valence electrons. The zero-order chi connectivity index (χ0) is 14.7. The summed E-state index contributed by atoms with van der Waals surface area (Å²) in [6.07, 6.45) is 1.66. The maximum absolute atomic E-state index is 12.5. The van der Waals surface area contributed by atoms with Crippen LogP contribution in [0.25, 0.3) is 0 Å². The number of piperidine rings is 1. The molecule has 0 aromatic carbocycles. The number of oxime groups is 1. The van der Waals surface area contributed by atoms with E-state index in [0.29, 0.717) is 30.0 Å². The summed E-state index contributed by atoms with van der Waals surface area (Å²) in [6.45, 7) is 4.72. The van der Waals surface area contributed by atoms with Gasteiger partial charge in [-0.15, -0.1) is 0 Å². The number of amidine groups is 1. The summed E-state index contributed by atoms with van der Waals surface area (Å²) in [5.74, 6) is 0.0214. The summed E-state index contributed by atoms with van der Waals surface area (Å²) in [5.41, 5.74) is 7.54. The molecule has 1 aliphatic heterocycles. The molecule has 0 radical (unpaired) electrons. The van der Waals surface area contributed by atoms with Crippen molar-refractivity contribution < 1.29 is 10.0 Å². The van der Waals surface area contributed by atoms with E-state index < -0.39 is 0 Å². The Labute approximate surface area is 117 Å². The molecule has 2 rings (SSSR count). The number of hydrogen-bond donors (Lipinski definition) is 2. The number of carbonyl (C=O) groups excluding carboxylic acids is 1. The molecule has 0 bridgehead atoms. The Bertz CT molecular complexity index is 544. The van der Waals surface area contributed by atoms with Crippen molar-refractivity contribution in [2.24, 2.45) is 16.8 Å². The molecule has 2 heterocycles. The normalized spacial score (nSPS) is 20.0. The number of nitrogens with zero attached hydrogens (tertiary/aromatic N) is 4. The molecule has 1 aromatic heterocycles. The molecule has 7 heteroatoms. The average molecular weight is 277 g/mol. The van der Waals surface area contributed by atoms with Crippen LogP contribution in [0.5, 0.6) is 0 Å². The quantitative estimate of drug-likeness (QED) is 0.358. The highest BCUT2D eigenvalue weighted by Gasteiger charge is 2.28. The molecule has 1 unspecified atom stereocenters. The highest BCUT2D eigenvalue weighted by atomic mass is 16.4. The Hall–Kier alpha value is -2.18. The lowest BCUT2D eigenvalue weighted by Crippen LogP contribution is -2.44. The smallest absolute Gasteiger partial charge is 0.255 e. The van der Waals surface area contributed by atoms with Crippen molar-refractivity contribution in [3.8, 4) is 0 Å². The minimum Gasteiger partial charge on any atom is -0.409 e. The van der Waals surface area contributed by atoms with E-state index in [4.69, 9.17) is 10.9 Å². The first kappa shape index (κ1) is 14.2. The maximum atomic E-state index is 12.5. The largest absolute Gasteiger partial charge is 0.409 e. The summed E-state index contributed by atoms with van der Waals surface area (Å²) >= 11 is 0. The summed E-state index contributed by atoms with van der Waals surface area (Å²) < 4.78 is 0. The molecule has 20 heavy (non-hydrogen) atoms. The number of nitrogens with two attached hydrogens (primary N) is 1. The Morgan fingerprint density at radius 3 is 2.95 bits per heavy atom. The first-order valence-corrected chi connectivity index (χ1v) is 6.60. The average Bonchev–Trinajstić information content (AvgIpc) is 2.48. The van der Waals surface area contributed by atoms with E-state index in [-0.39, 0.29) is 17.7 Å². The highest BCUT2D eigenvalue weighted by Crippen LogP contribution is 2.19. The van der Waals surface area contributed by atoms with E-state index in [2.05, 4.69) is 15.4 Å². The molecule has 1 aromatic rings. The van der Waals surface area contributed by atoms with E-state index in [1.807, 2.05) is 0 Å². The van der Waals surface area contributed by atoms with Crippen LogP contribution in [0.3, 0.4) is 0 Å². The number of likely N-dealkylation sites (tertiary alicyclic amines) is 1. The van der Waals surface area contributed by atoms with Crippen LogP contribution in [0.1, 0.15) is 34.6 Å². The molecule has 1 fully saturated rings. The lowest BCUT2D eigenvalue weighted by molar-refractivity contribution is 0.0699. The van der Waals surface area contributed by atoms with Gasteiger partial charge in [-0.05, 0) is 32.8 Å². The van der Waals surface area contributed by atoms with E-state index in [9.17, 15) is 4.79 Å². The fourth-order valence-electron chi connectivity index (χ4n) is 2.42. The number of amides is 1. The van der Waals surface area contributed by atoms with Crippen LogP contribution in [-0.2, 0) is 0 Å². The van der Waals surface area contributed by atoms with Gasteiger partial charge in [0, 0.05) is 19.0 Å². The fraction of sp³-hybridized carbons (Fsp3) is 0.538. The van der Waals surface area contributed by atoms with Gasteiger partial charge in [0.05, 0.1) is 17.0 Å². The molecule has 7 nitrogen and oxygen atoms in total. The van der Waals surface area contributed by atoms with E-state index in [1.54, 1.807) is 24.8 Å². The Morgan fingerprint density at radius 1 is 1.50 bits per heavy atom. The second-order valence-corrected chi connectivity index (χ2v) is 5.10. The van der Waals surface area contributed by atoms with E-state index in [1.165, 1.54) is 0 Å². The SMILES string of the molecule is Cc1cc(C(=O)N2CCCC(/C(N)=N/O)C2)c(C)nn1. The second kappa shape index (κ2) is 5.85. The first-order chi connectivity index (χ1) is 9.52. The summed E-state index contributed by atoms with van der Waals surface area (Å²) in [6, 6.07) is 1.75. The van der Waals surface area contributed by atoms with Crippen LogP contribution in [0.4, 0.5) is 0 Å². The molecule has 0 saturated carbocycles. The van der Waals surface area contributed by atoms with Gasteiger partial charge in [-0.3, -0.25) is 4.79 Å². The third-order valence-electron chi connectivity index (χ3n) is 3.57. The van der Waals surface area contributed by atoms with Gasteiger partial charge in [0.2, 0.25) is 0 Å². The van der Waals surface area contributed by atoms with Crippen molar-refractivity contribution in [3.05, 3.63) is 23.0 Å². The number of aryl methyl sites for hydroxylation is 2. The molecular weight excluding hydrogens is 258 g/mol. The Kier molecular flexibility index (Phi) is 4.16. The van der Waals surface area contributed by atoms with Crippen molar-refractivity contribution in [1.29, 1.82) is 0 Å². The topological polar surface area (TPSA) is 105 Å². The van der Waals surface area contributed by atoms with Gasteiger partial charge >= 0.3 is 0 Å². The highest BCUT2D eigenvalue weighted by molar-refractivity contribution is 5.95. The van der Waals surface area contributed by atoms with Crippen LogP contribution in [0.2, 0.25) is 0 Å². The van der Waals surface area contributed by atoms with Gasteiger partial charge in [-0.1, -0.05) is 5.16 Å². The molecule has 0 spiro atoms. The third kappa shape index (κ3) is 2.87. The summed E-state index contributed by atoms with van der Waals surface area (Å²) in [4.78, 5) is 14.3. The van der Waals surface area contributed by atoms with Crippen LogP contribution in [0, 0.1) is 19.8 Å². The van der Waals surface area contributed by atoms with Crippen molar-refractivity contribution in [2.75, 3.05) is 13.1 Å². The van der Waals surface area contributed by atoms with Gasteiger partial charge in [-0.2, -0.15) is 10.2 Å². The molecule has 3 N–H and O–H groups in total. The Morgan fingerprint density at radius 2 is 2.25 bits per heavy atom. The van der Waals surface area contributed by atoms with Crippen LogP contribution >= 0.6 is 0 Å². The zero-order valence-corrected chi connectivity index (χ0v) is 11.7. The predicted molar refractivity (Wildman–Crippen MR) is 73.5 cm³/mol. The maximum Gasteiger partial charge on any atom is 0.255 e. The number of rotatable bonds is 2. The second-order valence-electron chi connectivity index (χ2n) is 5.10. The Balaban J connectivity index is 2.18. The van der Waals surface area contributed by atoms with Crippen LogP contribution in [0.15, 0.2) is 11.2 Å². The summed E-state index contributed by atoms with van der Waals surface area (Å²) in [5, 5.41) is 19.7. The van der Waals surface area contributed by atoms with Crippen molar-refractivity contribution in [2.45, 2.75) is 26.7 Å². The molecular formula is C13H19N5O2. The number of aromatic nitrogens is 2. The zero-order valence-electron chi connectivity index (χ0n) is 11.7. The van der Waals surface area contributed by atoms with Crippen LogP contribution < -0.4 is 5.73 Å². The number of hydrogen-bond acceptors (Lipinski definition) is 5. The van der Waals surface area contributed by atoms with Crippen LogP contribution in [-0.4, -0.2) is 45.1 Å². The third-order valence-corrected chi connectivity index (χ3v) is 3.57. The first-order valence-electron chi connectivity index (χ1n) is 6.60.